The number of benzene rings is 1. The molecule has 0 aliphatic carbocycles. The molecular weight excluding hydrogens is 411 g/mol. The first kappa shape index (κ1) is 20.6. The molecule has 166 valence electrons. The summed E-state index contributed by atoms with van der Waals surface area (Å²) in [6.45, 7) is 0. The van der Waals surface area contributed by atoms with Gasteiger partial charge < -0.3 is 19.9 Å². The largest absolute Gasteiger partial charge is 0.507 e. The number of aromatic hydroxyl groups is 1. The fraction of sp³-hybridized carbons (Fsp3) is 0.391. The first-order valence-electron chi connectivity index (χ1n) is 10.7. The normalized spacial score (nSPS) is 24.5. The number of halogens is 1. The molecular formula is C23H25FN6O2. The molecule has 2 bridgehead atoms. The molecule has 2 saturated heterocycles. The fourth-order valence-corrected chi connectivity index (χ4v) is 4.69. The number of phenols is 1. The topological polar surface area (TPSA) is 96.2 Å². The number of hydrogen-bond donors (Lipinski definition) is 2. The second-order valence-electron chi connectivity index (χ2n) is 8.62. The highest BCUT2D eigenvalue weighted by Gasteiger charge is 2.43. The molecule has 2 aliphatic heterocycles. The van der Waals surface area contributed by atoms with E-state index in [0.717, 1.165) is 19.3 Å². The summed E-state index contributed by atoms with van der Waals surface area (Å²) in [5.41, 5.74) is 1.95. The van der Waals surface area contributed by atoms with Crippen molar-refractivity contribution >= 4 is 5.82 Å². The van der Waals surface area contributed by atoms with Gasteiger partial charge in [0.25, 0.3) is 5.56 Å². The predicted octanol–water partition coefficient (Wildman–Crippen LogP) is 2.28. The van der Waals surface area contributed by atoms with Crippen LogP contribution in [0.1, 0.15) is 19.3 Å². The van der Waals surface area contributed by atoms with Gasteiger partial charge in [0.15, 0.2) is 0 Å². The van der Waals surface area contributed by atoms with E-state index < -0.39 is 6.17 Å². The lowest BCUT2D eigenvalue weighted by Gasteiger charge is -2.38. The minimum Gasteiger partial charge on any atom is -0.507 e. The molecule has 0 unspecified atom stereocenters. The standard InChI is InChI=1S/C23H25FN6O2/c1-29-12-27-17(9-22(29)32)13-3-5-15(20(31)7-13)18-10-26-21(11-25-18)30(2)19-8-14-4-6-16(28-14)23(19)24/h3,5,7,9-12,14,16,19,23,28,31H,4,6,8H2,1-2H3/t14-,16+,19-,23+/m0/s1. The van der Waals surface area contributed by atoms with Crippen molar-refractivity contribution in [2.75, 3.05) is 11.9 Å². The number of nitrogens with zero attached hydrogens (tertiary/aromatic N) is 5. The van der Waals surface area contributed by atoms with Crippen LogP contribution in [-0.2, 0) is 7.05 Å². The molecule has 4 heterocycles. The molecule has 2 aliphatic rings. The maximum atomic E-state index is 14.9. The fourth-order valence-electron chi connectivity index (χ4n) is 4.69. The Morgan fingerprint density at radius 2 is 2.00 bits per heavy atom. The van der Waals surface area contributed by atoms with Gasteiger partial charge >= 0.3 is 0 Å². The van der Waals surface area contributed by atoms with Crippen LogP contribution >= 0.6 is 0 Å². The first-order valence-corrected chi connectivity index (χ1v) is 10.7. The highest BCUT2D eigenvalue weighted by molar-refractivity contribution is 5.72. The zero-order chi connectivity index (χ0) is 22.4. The molecule has 0 saturated carbocycles. The summed E-state index contributed by atoms with van der Waals surface area (Å²) in [5.74, 6) is 0.613. The lowest BCUT2D eigenvalue weighted by atomic mass is 9.96. The number of alkyl halides is 1. The number of hydrogen-bond acceptors (Lipinski definition) is 7. The Balaban J connectivity index is 1.37. The van der Waals surface area contributed by atoms with Crippen molar-refractivity contribution < 1.29 is 9.50 Å². The maximum Gasteiger partial charge on any atom is 0.253 e. The summed E-state index contributed by atoms with van der Waals surface area (Å²) in [5, 5.41) is 13.9. The van der Waals surface area contributed by atoms with Crippen LogP contribution in [0.4, 0.5) is 10.2 Å². The second kappa shape index (κ2) is 7.98. The zero-order valence-corrected chi connectivity index (χ0v) is 17.9. The van der Waals surface area contributed by atoms with Crippen molar-refractivity contribution in [1.82, 2.24) is 24.8 Å². The summed E-state index contributed by atoms with van der Waals surface area (Å²) in [7, 11) is 3.48. The molecule has 32 heavy (non-hydrogen) atoms. The maximum absolute atomic E-state index is 14.9. The molecule has 4 atom stereocenters. The highest BCUT2D eigenvalue weighted by Crippen LogP contribution is 2.34. The first-order chi connectivity index (χ1) is 15.4. The summed E-state index contributed by atoms with van der Waals surface area (Å²) in [6.07, 6.45) is 6.34. The van der Waals surface area contributed by atoms with Crippen molar-refractivity contribution in [2.45, 2.75) is 43.6 Å². The molecule has 1 aromatic carbocycles. The van der Waals surface area contributed by atoms with Crippen LogP contribution in [0.15, 0.2) is 47.8 Å². The van der Waals surface area contributed by atoms with E-state index in [1.807, 2.05) is 11.9 Å². The van der Waals surface area contributed by atoms with Crippen molar-refractivity contribution in [3.63, 3.8) is 0 Å². The number of phenolic OH excluding ortho intramolecular Hbond substituents is 1. The van der Waals surface area contributed by atoms with Gasteiger partial charge in [-0.1, -0.05) is 6.07 Å². The van der Waals surface area contributed by atoms with Gasteiger partial charge in [0.1, 0.15) is 17.7 Å². The minimum absolute atomic E-state index is 0.0131. The van der Waals surface area contributed by atoms with Gasteiger partial charge in [-0.15, -0.1) is 0 Å². The number of aromatic nitrogens is 4. The van der Waals surface area contributed by atoms with Crippen LogP contribution < -0.4 is 15.8 Å². The number of piperidine rings is 1. The van der Waals surface area contributed by atoms with E-state index in [9.17, 15) is 14.3 Å². The average Bonchev–Trinajstić information content (AvgIpc) is 3.21. The van der Waals surface area contributed by atoms with E-state index in [2.05, 4.69) is 20.3 Å². The SMILES string of the molecule is CN(c1cnc(-c2ccc(-c3cc(=O)n(C)cn3)cc2O)cn1)[C@H]1C[C@@H]2CC[C@@H](N2)[C@H]1F. The van der Waals surface area contributed by atoms with Gasteiger partial charge in [0, 0.05) is 43.4 Å². The van der Waals surface area contributed by atoms with E-state index in [1.165, 1.54) is 17.0 Å². The second-order valence-corrected chi connectivity index (χ2v) is 8.62. The van der Waals surface area contributed by atoms with E-state index in [4.69, 9.17) is 0 Å². The molecule has 5 rings (SSSR count). The van der Waals surface area contributed by atoms with Gasteiger partial charge in [-0.2, -0.15) is 0 Å². The lowest BCUT2D eigenvalue weighted by Crippen LogP contribution is -2.55. The number of aryl methyl sites for hydroxylation is 1. The van der Waals surface area contributed by atoms with E-state index >= 15 is 0 Å². The van der Waals surface area contributed by atoms with Gasteiger partial charge in [0.05, 0.1) is 36.2 Å². The summed E-state index contributed by atoms with van der Waals surface area (Å²) >= 11 is 0. The van der Waals surface area contributed by atoms with Crippen molar-refractivity contribution in [3.8, 4) is 28.3 Å². The van der Waals surface area contributed by atoms with E-state index in [1.54, 1.807) is 37.6 Å². The van der Waals surface area contributed by atoms with Crippen LogP contribution in [0.3, 0.4) is 0 Å². The summed E-state index contributed by atoms with van der Waals surface area (Å²) in [4.78, 5) is 26.9. The van der Waals surface area contributed by atoms with Crippen molar-refractivity contribution in [2.24, 2.45) is 7.05 Å². The van der Waals surface area contributed by atoms with Gasteiger partial charge in [0.2, 0.25) is 0 Å². The van der Waals surface area contributed by atoms with E-state index in [-0.39, 0.29) is 23.4 Å². The number of rotatable bonds is 4. The Labute approximate surface area is 184 Å². The molecule has 2 aromatic heterocycles. The van der Waals surface area contributed by atoms with Crippen LogP contribution in [0.2, 0.25) is 0 Å². The van der Waals surface area contributed by atoms with Gasteiger partial charge in [-0.05, 0) is 31.4 Å². The monoisotopic (exact) mass is 436 g/mol. The third-order valence-corrected chi connectivity index (χ3v) is 6.60. The number of fused-ring (bicyclic) bond motifs is 2. The Bertz CT molecular complexity index is 1200. The van der Waals surface area contributed by atoms with E-state index in [0.29, 0.717) is 34.4 Å². The Morgan fingerprint density at radius 3 is 2.72 bits per heavy atom. The van der Waals surface area contributed by atoms with Crippen LogP contribution in [0, 0.1) is 0 Å². The third-order valence-electron chi connectivity index (χ3n) is 6.60. The van der Waals surface area contributed by atoms with Crippen molar-refractivity contribution in [3.05, 3.63) is 53.3 Å². The summed E-state index contributed by atoms with van der Waals surface area (Å²) < 4.78 is 16.3. The predicted molar refractivity (Wildman–Crippen MR) is 119 cm³/mol. The smallest absolute Gasteiger partial charge is 0.253 e. The zero-order valence-electron chi connectivity index (χ0n) is 17.9. The number of nitrogens with one attached hydrogen (secondary N) is 1. The summed E-state index contributed by atoms with van der Waals surface area (Å²) in [6, 6.07) is 6.52. The Hall–Kier alpha value is -3.33. The van der Waals surface area contributed by atoms with Crippen LogP contribution in [0.25, 0.3) is 22.5 Å². The molecule has 8 nitrogen and oxygen atoms in total. The molecule has 0 amide bonds. The highest BCUT2D eigenvalue weighted by atomic mass is 19.1. The molecule has 2 N–H and O–H groups in total. The third kappa shape index (κ3) is 3.62. The lowest BCUT2D eigenvalue weighted by molar-refractivity contribution is 0.176. The van der Waals surface area contributed by atoms with Gasteiger partial charge in [-0.25, -0.2) is 14.4 Å². The minimum atomic E-state index is -0.944. The quantitative estimate of drug-likeness (QED) is 0.648. The molecule has 2 fully saturated rings. The van der Waals surface area contributed by atoms with Crippen LogP contribution in [-0.4, -0.2) is 56.0 Å². The van der Waals surface area contributed by atoms with Crippen molar-refractivity contribution in [1.29, 1.82) is 0 Å². The number of anilines is 1. The molecule has 0 spiro atoms. The van der Waals surface area contributed by atoms with Gasteiger partial charge in [-0.3, -0.25) is 9.78 Å². The average molecular weight is 436 g/mol. The molecule has 0 radical (unpaired) electrons. The molecule has 3 aromatic rings. The Kier molecular flexibility index (Phi) is 5.13. The van der Waals surface area contributed by atoms with Crippen LogP contribution in [0.5, 0.6) is 5.75 Å². The Morgan fingerprint density at radius 1 is 1.16 bits per heavy atom. The molecule has 9 heteroatoms.